The normalized spacial score (nSPS) is 15.5. The standard InChI is InChI=1S/C26H27N3O5S3/c30-26-29(19-20-8-4-3-5-9-20)24-15-14-23(18-25(24)35-26)36(31,32)27-21-10-12-22(13-11-21)37(33,34)28-16-6-1-2-7-17-28/h3-5,8-15,18,27H,1-2,6-7,16-17,19H2. The van der Waals surface area contributed by atoms with Crippen molar-refractivity contribution < 1.29 is 16.8 Å². The van der Waals surface area contributed by atoms with E-state index in [-0.39, 0.29) is 20.4 Å². The van der Waals surface area contributed by atoms with E-state index in [1.807, 2.05) is 30.3 Å². The molecule has 3 aromatic carbocycles. The molecule has 0 atom stereocenters. The Morgan fingerprint density at radius 1 is 0.784 bits per heavy atom. The maximum Gasteiger partial charge on any atom is 0.308 e. The van der Waals surface area contributed by atoms with E-state index in [0.717, 1.165) is 42.6 Å². The van der Waals surface area contributed by atoms with Crippen LogP contribution in [0.4, 0.5) is 5.69 Å². The second kappa shape index (κ2) is 10.4. The Hall–Kier alpha value is -2.99. The molecule has 1 aliphatic rings. The van der Waals surface area contributed by atoms with Crippen molar-refractivity contribution in [3.63, 3.8) is 0 Å². The highest BCUT2D eigenvalue weighted by atomic mass is 32.2. The van der Waals surface area contributed by atoms with Gasteiger partial charge in [-0.3, -0.25) is 14.1 Å². The Balaban J connectivity index is 1.36. The van der Waals surface area contributed by atoms with E-state index in [4.69, 9.17) is 0 Å². The summed E-state index contributed by atoms with van der Waals surface area (Å²) < 4.78 is 58.3. The quantitative estimate of drug-likeness (QED) is 0.361. The predicted molar refractivity (Wildman–Crippen MR) is 146 cm³/mol. The Morgan fingerprint density at radius 3 is 2.11 bits per heavy atom. The van der Waals surface area contributed by atoms with Gasteiger partial charge in [0.1, 0.15) is 0 Å². The van der Waals surface area contributed by atoms with Gasteiger partial charge in [0.15, 0.2) is 0 Å². The van der Waals surface area contributed by atoms with Gasteiger partial charge in [0, 0.05) is 18.8 Å². The van der Waals surface area contributed by atoms with E-state index in [9.17, 15) is 21.6 Å². The first-order chi connectivity index (χ1) is 17.7. The van der Waals surface area contributed by atoms with Crippen molar-refractivity contribution >= 4 is 47.3 Å². The summed E-state index contributed by atoms with van der Waals surface area (Å²) in [6.07, 6.45) is 3.72. The van der Waals surface area contributed by atoms with Gasteiger partial charge in [-0.1, -0.05) is 54.5 Å². The van der Waals surface area contributed by atoms with Gasteiger partial charge in [-0.2, -0.15) is 4.31 Å². The van der Waals surface area contributed by atoms with Gasteiger partial charge >= 0.3 is 4.87 Å². The molecule has 1 fully saturated rings. The molecule has 0 amide bonds. The van der Waals surface area contributed by atoms with Crippen molar-refractivity contribution in [2.45, 2.75) is 42.0 Å². The second-order valence-electron chi connectivity index (χ2n) is 9.02. The van der Waals surface area contributed by atoms with Gasteiger partial charge < -0.3 is 0 Å². The molecular formula is C26H27N3O5S3. The molecule has 1 aliphatic heterocycles. The van der Waals surface area contributed by atoms with Crippen LogP contribution in [0.15, 0.2) is 87.4 Å². The molecule has 0 radical (unpaired) electrons. The Morgan fingerprint density at radius 2 is 1.43 bits per heavy atom. The van der Waals surface area contributed by atoms with Crippen molar-refractivity contribution in [3.8, 4) is 0 Å². The number of anilines is 1. The number of rotatable bonds is 7. The predicted octanol–water partition coefficient (Wildman–Crippen LogP) is 4.48. The number of nitrogens with zero attached hydrogens (tertiary/aromatic N) is 2. The molecule has 5 rings (SSSR count). The monoisotopic (exact) mass is 557 g/mol. The van der Waals surface area contributed by atoms with E-state index in [0.29, 0.717) is 29.9 Å². The first kappa shape index (κ1) is 25.7. The van der Waals surface area contributed by atoms with E-state index >= 15 is 0 Å². The molecule has 8 nitrogen and oxygen atoms in total. The summed E-state index contributed by atoms with van der Waals surface area (Å²) in [4.78, 5) is 12.6. The first-order valence-electron chi connectivity index (χ1n) is 12.0. The van der Waals surface area contributed by atoms with Crippen LogP contribution in [0.2, 0.25) is 0 Å². The number of nitrogens with one attached hydrogen (secondary N) is 1. The summed E-state index contributed by atoms with van der Waals surface area (Å²) >= 11 is 0.998. The molecule has 0 saturated carbocycles. The van der Waals surface area contributed by atoms with Crippen LogP contribution in [0.1, 0.15) is 31.2 Å². The highest BCUT2D eigenvalue weighted by Crippen LogP contribution is 2.26. The molecule has 1 N–H and O–H groups in total. The molecule has 11 heteroatoms. The molecule has 194 valence electrons. The van der Waals surface area contributed by atoms with Crippen LogP contribution in [0.3, 0.4) is 0 Å². The fraction of sp³-hybridized carbons (Fsp3) is 0.269. The SMILES string of the molecule is O=c1sc2cc(S(=O)(=O)Nc3ccc(S(=O)(=O)N4CCCCCC4)cc3)ccc2n1Cc1ccccc1. The molecule has 0 spiro atoms. The fourth-order valence-electron chi connectivity index (χ4n) is 4.47. The van der Waals surface area contributed by atoms with Crippen LogP contribution >= 0.6 is 11.3 Å². The smallest absolute Gasteiger partial charge is 0.294 e. The topological polar surface area (TPSA) is 106 Å². The van der Waals surface area contributed by atoms with E-state index in [2.05, 4.69) is 4.72 Å². The number of hydrogen-bond donors (Lipinski definition) is 1. The maximum atomic E-state index is 13.1. The van der Waals surface area contributed by atoms with Gasteiger partial charge in [-0.05, 0) is 60.9 Å². The first-order valence-corrected chi connectivity index (χ1v) is 15.8. The van der Waals surface area contributed by atoms with Crippen LogP contribution < -0.4 is 9.60 Å². The lowest BCUT2D eigenvalue weighted by Crippen LogP contribution is -2.31. The Kier molecular flexibility index (Phi) is 7.21. The summed E-state index contributed by atoms with van der Waals surface area (Å²) in [6.45, 7) is 1.40. The van der Waals surface area contributed by atoms with Gasteiger partial charge in [-0.25, -0.2) is 16.8 Å². The summed E-state index contributed by atoms with van der Waals surface area (Å²) in [5.74, 6) is 0. The second-order valence-corrected chi connectivity index (χ2v) is 13.6. The minimum atomic E-state index is -3.96. The van der Waals surface area contributed by atoms with Crippen LogP contribution in [-0.2, 0) is 26.6 Å². The molecule has 0 bridgehead atoms. The number of hydrogen-bond acceptors (Lipinski definition) is 6. The Labute approximate surface area is 220 Å². The molecule has 0 unspecified atom stereocenters. The lowest BCUT2D eigenvalue weighted by Gasteiger charge is -2.20. The van der Waals surface area contributed by atoms with Crippen molar-refractivity contribution in [3.05, 3.63) is 88.0 Å². The number of fused-ring (bicyclic) bond motifs is 1. The highest BCUT2D eigenvalue weighted by Gasteiger charge is 2.25. The van der Waals surface area contributed by atoms with Crippen LogP contribution in [-0.4, -0.2) is 38.8 Å². The van der Waals surface area contributed by atoms with Gasteiger partial charge in [-0.15, -0.1) is 0 Å². The van der Waals surface area contributed by atoms with E-state index in [1.54, 1.807) is 10.6 Å². The number of aromatic nitrogens is 1. The summed E-state index contributed by atoms with van der Waals surface area (Å²) in [5.41, 5.74) is 1.90. The average molecular weight is 558 g/mol. The van der Waals surface area contributed by atoms with E-state index in [1.165, 1.54) is 40.7 Å². The number of sulfonamides is 2. The third kappa shape index (κ3) is 5.49. The maximum absolute atomic E-state index is 13.1. The molecular weight excluding hydrogens is 531 g/mol. The Bertz CT molecular complexity index is 1670. The van der Waals surface area contributed by atoms with Crippen molar-refractivity contribution in [2.24, 2.45) is 0 Å². The zero-order valence-corrected chi connectivity index (χ0v) is 22.5. The minimum absolute atomic E-state index is 0.0226. The van der Waals surface area contributed by atoms with Gasteiger partial charge in [0.2, 0.25) is 10.0 Å². The summed E-state index contributed by atoms with van der Waals surface area (Å²) in [6, 6.07) is 19.9. The average Bonchev–Trinajstić information content (AvgIpc) is 3.05. The molecule has 2 heterocycles. The lowest BCUT2D eigenvalue weighted by atomic mass is 10.2. The molecule has 1 aromatic heterocycles. The van der Waals surface area contributed by atoms with E-state index < -0.39 is 20.0 Å². The van der Waals surface area contributed by atoms with Crippen LogP contribution in [0.5, 0.6) is 0 Å². The third-order valence-electron chi connectivity index (χ3n) is 6.44. The molecule has 0 aliphatic carbocycles. The largest absolute Gasteiger partial charge is 0.308 e. The molecule has 1 saturated heterocycles. The minimum Gasteiger partial charge on any atom is -0.294 e. The van der Waals surface area contributed by atoms with Crippen molar-refractivity contribution in [1.29, 1.82) is 0 Å². The van der Waals surface area contributed by atoms with Gasteiger partial charge in [0.25, 0.3) is 10.0 Å². The summed E-state index contributed by atoms with van der Waals surface area (Å²) in [5, 5.41) is 0. The molecule has 37 heavy (non-hydrogen) atoms. The highest BCUT2D eigenvalue weighted by molar-refractivity contribution is 7.92. The number of benzene rings is 3. The molecule has 4 aromatic rings. The van der Waals surface area contributed by atoms with Crippen molar-refractivity contribution in [2.75, 3.05) is 17.8 Å². The zero-order valence-electron chi connectivity index (χ0n) is 20.0. The summed E-state index contributed by atoms with van der Waals surface area (Å²) in [7, 11) is -7.58. The third-order valence-corrected chi connectivity index (χ3v) is 10.7. The lowest BCUT2D eigenvalue weighted by molar-refractivity contribution is 0.424. The zero-order chi connectivity index (χ0) is 26.0. The van der Waals surface area contributed by atoms with Crippen LogP contribution in [0.25, 0.3) is 10.2 Å². The fourth-order valence-corrected chi connectivity index (χ4v) is 8.08. The number of thiazole rings is 1. The van der Waals surface area contributed by atoms with Crippen molar-refractivity contribution in [1.82, 2.24) is 8.87 Å². The van der Waals surface area contributed by atoms with Gasteiger partial charge in [0.05, 0.1) is 26.6 Å². The van der Waals surface area contributed by atoms with Crippen LogP contribution in [0, 0.1) is 0 Å².